The maximum atomic E-state index is 14.1. The predicted molar refractivity (Wildman–Crippen MR) is 65.6 cm³/mol. The Kier molecular flexibility index (Phi) is 2.46. The molecule has 3 aromatic heterocycles. The summed E-state index contributed by atoms with van der Waals surface area (Å²) in [4.78, 5) is 8.13. The molecule has 0 unspecified atom stereocenters. The minimum absolute atomic E-state index is 0.296. The van der Waals surface area contributed by atoms with Crippen molar-refractivity contribution in [1.82, 2.24) is 19.6 Å². The first kappa shape index (κ1) is 11.3. The average molecular weight is 253 g/mol. The molecule has 0 aliphatic rings. The van der Waals surface area contributed by atoms with Crippen LogP contribution in [0.3, 0.4) is 0 Å². The Morgan fingerprint density at radius 3 is 2.84 bits per heavy atom. The van der Waals surface area contributed by atoms with E-state index in [9.17, 15) is 4.39 Å². The highest BCUT2D eigenvalue weighted by Crippen LogP contribution is 2.25. The average Bonchev–Trinajstić information content (AvgIpc) is 2.88. The van der Waals surface area contributed by atoms with Crippen molar-refractivity contribution in [1.29, 1.82) is 5.26 Å². The van der Waals surface area contributed by atoms with E-state index in [0.29, 0.717) is 28.3 Å². The fourth-order valence-corrected chi connectivity index (χ4v) is 1.98. The van der Waals surface area contributed by atoms with Gasteiger partial charge in [-0.2, -0.15) is 10.4 Å². The van der Waals surface area contributed by atoms with E-state index in [1.807, 2.05) is 6.07 Å². The van der Waals surface area contributed by atoms with Gasteiger partial charge in [0.25, 0.3) is 0 Å². The SMILES string of the molecule is Cc1nc(C#N)ccc1-c1c(F)ccc2ncnn12. The molecule has 3 aromatic rings. The molecule has 3 rings (SSSR count). The van der Waals surface area contributed by atoms with Crippen LogP contribution in [0.1, 0.15) is 11.4 Å². The Morgan fingerprint density at radius 1 is 1.26 bits per heavy atom. The molecule has 0 atom stereocenters. The van der Waals surface area contributed by atoms with E-state index in [4.69, 9.17) is 5.26 Å². The van der Waals surface area contributed by atoms with Crippen LogP contribution in [0.2, 0.25) is 0 Å². The van der Waals surface area contributed by atoms with Crippen LogP contribution in [0, 0.1) is 24.1 Å². The van der Waals surface area contributed by atoms with Crippen molar-refractivity contribution in [3.63, 3.8) is 0 Å². The largest absolute Gasteiger partial charge is 0.242 e. The molecule has 0 amide bonds. The molecule has 6 heteroatoms. The molecule has 19 heavy (non-hydrogen) atoms. The molecule has 0 aliphatic carbocycles. The van der Waals surface area contributed by atoms with Gasteiger partial charge in [-0.15, -0.1) is 0 Å². The van der Waals surface area contributed by atoms with Gasteiger partial charge in [0.1, 0.15) is 29.6 Å². The molecular weight excluding hydrogens is 245 g/mol. The van der Waals surface area contributed by atoms with Crippen molar-refractivity contribution in [2.45, 2.75) is 6.92 Å². The topological polar surface area (TPSA) is 66.9 Å². The number of hydrogen-bond acceptors (Lipinski definition) is 4. The van der Waals surface area contributed by atoms with E-state index in [1.165, 1.54) is 16.9 Å². The lowest BCUT2D eigenvalue weighted by Gasteiger charge is -2.08. The van der Waals surface area contributed by atoms with E-state index < -0.39 is 5.82 Å². The molecule has 92 valence electrons. The number of halogens is 1. The third-order valence-corrected chi connectivity index (χ3v) is 2.85. The minimum atomic E-state index is -0.410. The van der Waals surface area contributed by atoms with Crippen molar-refractivity contribution in [3.05, 3.63) is 47.8 Å². The van der Waals surface area contributed by atoms with Crippen LogP contribution in [0.15, 0.2) is 30.6 Å². The predicted octanol–water partition coefficient (Wildman–Crippen LogP) is 2.11. The van der Waals surface area contributed by atoms with Crippen LogP contribution in [0.25, 0.3) is 16.9 Å². The van der Waals surface area contributed by atoms with Crippen LogP contribution in [0.5, 0.6) is 0 Å². The zero-order valence-electron chi connectivity index (χ0n) is 10.0. The van der Waals surface area contributed by atoms with Crippen LogP contribution >= 0.6 is 0 Å². The Hall–Kier alpha value is -2.81. The fraction of sp³-hybridized carbons (Fsp3) is 0.0769. The Balaban J connectivity index is 2.33. The van der Waals surface area contributed by atoms with E-state index in [1.54, 1.807) is 25.1 Å². The van der Waals surface area contributed by atoms with Crippen LogP contribution in [0.4, 0.5) is 4.39 Å². The van der Waals surface area contributed by atoms with Crippen molar-refractivity contribution in [2.24, 2.45) is 0 Å². The summed E-state index contributed by atoms with van der Waals surface area (Å²) in [5.74, 6) is -0.410. The van der Waals surface area contributed by atoms with Gasteiger partial charge in [0.05, 0.1) is 0 Å². The quantitative estimate of drug-likeness (QED) is 0.666. The molecule has 0 N–H and O–H groups in total. The van der Waals surface area contributed by atoms with Gasteiger partial charge in [-0.3, -0.25) is 0 Å². The first-order chi connectivity index (χ1) is 9.20. The number of fused-ring (bicyclic) bond motifs is 1. The summed E-state index contributed by atoms with van der Waals surface area (Å²) in [6, 6.07) is 8.07. The lowest BCUT2D eigenvalue weighted by molar-refractivity contribution is 0.619. The highest BCUT2D eigenvalue weighted by molar-refractivity contribution is 5.66. The van der Waals surface area contributed by atoms with Gasteiger partial charge in [0, 0.05) is 11.3 Å². The number of nitriles is 1. The molecule has 0 radical (unpaired) electrons. The monoisotopic (exact) mass is 253 g/mol. The van der Waals surface area contributed by atoms with Crippen LogP contribution < -0.4 is 0 Å². The Labute approximate surface area is 108 Å². The first-order valence-corrected chi connectivity index (χ1v) is 5.57. The van der Waals surface area contributed by atoms with Gasteiger partial charge in [-0.25, -0.2) is 18.9 Å². The summed E-state index contributed by atoms with van der Waals surface area (Å²) in [7, 11) is 0. The van der Waals surface area contributed by atoms with Gasteiger partial charge in [0.15, 0.2) is 5.65 Å². The molecule has 0 saturated heterocycles. The second kappa shape index (κ2) is 4.14. The summed E-state index contributed by atoms with van der Waals surface area (Å²) < 4.78 is 15.5. The summed E-state index contributed by atoms with van der Waals surface area (Å²) in [6.45, 7) is 1.73. The Morgan fingerprint density at radius 2 is 2.11 bits per heavy atom. The molecule has 0 fully saturated rings. The molecule has 0 bridgehead atoms. The zero-order chi connectivity index (χ0) is 13.4. The summed E-state index contributed by atoms with van der Waals surface area (Å²) in [5, 5.41) is 12.8. The molecule has 0 saturated carbocycles. The van der Waals surface area contributed by atoms with E-state index >= 15 is 0 Å². The smallest absolute Gasteiger partial charge is 0.156 e. The summed E-state index contributed by atoms with van der Waals surface area (Å²) >= 11 is 0. The fourth-order valence-electron chi connectivity index (χ4n) is 1.98. The lowest BCUT2D eigenvalue weighted by atomic mass is 10.1. The van der Waals surface area contributed by atoms with E-state index in [-0.39, 0.29) is 0 Å². The maximum absolute atomic E-state index is 14.1. The van der Waals surface area contributed by atoms with Crippen molar-refractivity contribution in [2.75, 3.05) is 0 Å². The third kappa shape index (κ3) is 1.72. The highest BCUT2D eigenvalue weighted by atomic mass is 19.1. The van der Waals surface area contributed by atoms with Crippen LogP contribution in [-0.4, -0.2) is 19.6 Å². The Bertz CT molecular complexity index is 816. The summed E-state index contributed by atoms with van der Waals surface area (Å²) in [5.41, 5.74) is 2.31. The standard InChI is InChI=1S/C13H8FN5/c1-8-10(3-2-9(6-15)18-8)13-11(14)4-5-12-16-7-17-19(12)13/h2-5,7H,1H3. The third-order valence-electron chi connectivity index (χ3n) is 2.85. The van der Waals surface area contributed by atoms with Crippen molar-refractivity contribution >= 4 is 5.65 Å². The normalized spacial score (nSPS) is 10.6. The maximum Gasteiger partial charge on any atom is 0.156 e. The molecule has 0 aromatic carbocycles. The number of nitrogens with zero attached hydrogens (tertiary/aromatic N) is 5. The number of rotatable bonds is 1. The highest BCUT2D eigenvalue weighted by Gasteiger charge is 2.14. The van der Waals surface area contributed by atoms with Gasteiger partial charge in [-0.05, 0) is 31.2 Å². The van der Waals surface area contributed by atoms with Crippen molar-refractivity contribution < 1.29 is 4.39 Å². The second-order valence-corrected chi connectivity index (χ2v) is 4.00. The first-order valence-electron chi connectivity index (χ1n) is 5.57. The molecule has 0 aliphatic heterocycles. The van der Waals surface area contributed by atoms with Gasteiger partial charge in [-0.1, -0.05) is 0 Å². The number of hydrogen-bond donors (Lipinski definition) is 0. The minimum Gasteiger partial charge on any atom is -0.242 e. The summed E-state index contributed by atoms with van der Waals surface area (Å²) in [6.07, 6.45) is 1.37. The molecule has 3 heterocycles. The zero-order valence-corrected chi connectivity index (χ0v) is 10.0. The number of aromatic nitrogens is 4. The lowest BCUT2D eigenvalue weighted by Crippen LogP contribution is -2.01. The van der Waals surface area contributed by atoms with Gasteiger partial charge in [0.2, 0.25) is 0 Å². The molecule has 5 nitrogen and oxygen atoms in total. The number of aryl methyl sites for hydroxylation is 1. The van der Waals surface area contributed by atoms with Crippen LogP contribution in [-0.2, 0) is 0 Å². The molecule has 0 spiro atoms. The van der Waals surface area contributed by atoms with E-state index in [0.717, 1.165) is 0 Å². The van der Waals surface area contributed by atoms with Gasteiger partial charge >= 0.3 is 0 Å². The van der Waals surface area contributed by atoms with E-state index in [2.05, 4.69) is 15.1 Å². The van der Waals surface area contributed by atoms with Crippen molar-refractivity contribution in [3.8, 4) is 17.3 Å². The second-order valence-electron chi connectivity index (χ2n) is 4.00. The van der Waals surface area contributed by atoms with Gasteiger partial charge < -0.3 is 0 Å². The molecular formula is C13H8FN5. The number of pyridine rings is 2.